The maximum atomic E-state index is 4.27. The van der Waals surface area contributed by atoms with E-state index in [1.54, 1.807) is 13.2 Å². The van der Waals surface area contributed by atoms with E-state index >= 15 is 0 Å². The molecule has 28 heavy (non-hydrogen) atoms. The highest BCUT2D eigenvalue weighted by molar-refractivity contribution is 5.79. The highest BCUT2D eigenvalue weighted by Gasteiger charge is 2.05. The maximum Gasteiger partial charge on any atom is 0.191 e. The Hall–Kier alpha value is -3.68. The van der Waals surface area contributed by atoms with Crippen molar-refractivity contribution < 1.29 is 0 Å². The van der Waals surface area contributed by atoms with E-state index in [2.05, 4.69) is 55.2 Å². The number of hydrogen-bond donors (Lipinski definition) is 2. The fourth-order valence-electron chi connectivity index (χ4n) is 2.96. The second-order valence-corrected chi connectivity index (χ2v) is 6.26. The zero-order valence-electron chi connectivity index (χ0n) is 15.7. The number of fused-ring (bicyclic) bond motifs is 1. The van der Waals surface area contributed by atoms with Crippen LogP contribution in [0.4, 0.5) is 0 Å². The first-order valence-electron chi connectivity index (χ1n) is 9.15. The molecule has 0 aliphatic heterocycles. The van der Waals surface area contributed by atoms with Crippen molar-refractivity contribution in [2.24, 2.45) is 4.99 Å². The van der Waals surface area contributed by atoms with E-state index in [-0.39, 0.29) is 0 Å². The summed E-state index contributed by atoms with van der Waals surface area (Å²) in [4.78, 5) is 4.27. The molecule has 142 valence electrons. The number of benzene rings is 1. The molecule has 0 fully saturated rings. The Morgan fingerprint density at radius 3 is 2.68 bits per heavy atom. The minimum atomic E-state index is 0.545. The van der Waals surface area contributed by atoms with Gasteiger partial charge in [0.25, 0.3) is 0 Å². The van der Waals surface area contributed by atoms with Crippen LogP contribution in [0.15, 0.2) is 72.1 Å². The number of aliphatic imine (C=N–C) groups is 1. The number of pyridine rings is 1. The molecule has 0 unspecified atom stereocenters. The smallest absolute Gasteiger partial charge is 0.191 e. The third-order valence-electron chi connectivity index (χ3n) is 4.43. The predicted molar refractivity (Wildman–Crippen MR) is 108 cm³/mol. The molecule has 0 spiro atoms. The summed E-state index contributed by atoms with van der Waals surface area (Å²) in [5, 5.41) is 19.2. The molecule has 4 aromatic rings. The van der Waals surface area contributed by atoms with Gasteiger partial charge in [-0.1, -0.05) is 18.2 Å². The first-order chi connectivity index (χ1) is 13.8. The van der Waals surface area contributed by atoms with E-state index in [9.17, 15) is 0 Å². The van der Waals surface area contributed by atoms with Gasteiger partial charge in [-0.3, -0.25) is 9.39 Å². The van der Waals surface area contributed by atoms with Gasteiger partial charge >= 0.3 is 0 Å². The Morgan fingerprint density at radius 1 is 1.00 bits per heavy atom. The van der Waals surface area contributed by atoms with Crippen LogP contribution in [0.25, 0.3) is 11.3 Å². The Kier molecular flexibility index (Phi) is 5.28. The number of aromatic nitrogens is 5. The normalized spacial score (nSPS) is 11.7. The van der Waals surface area contributed by atoms with Gasteiger partial charge in [0, 0.05) is 32.2 Å². The van der Waals surface area contributed by atoms with Crippen molar-refractivity contribution in [3.63, 3.8) is 0 Å². The summed E-state index contributed by atoms with van der Waals surface area (Å²) >= 11 is 0. The number of rotatable bonds is 6. The van der Waals surface area contributed by atoms with Crippen LogP contribution in [0.3, 0.4) is 0 Å². The quantitative estimate of drug-likeness (QED) is 0.397. The van der Waals surface area contributed by atoms with Crippen LogP contribution < -0.4 is 10.6 Å². The van der Waals surface area contributed by atoms with Crippen LogP contribution in [0.1, 0.15) is 11.4 Å². The van der Waals surface area contributed by atoms with Crippen LogP contribution in [0.2, 0.25) is 0 Å². The van der Waals surface area contributed by atoms with Crippen molar-refractivity contribution in [2.45, 2.75) is 13.0 Å². The van der Waals surface area contributed by atoms with E-state index < -0.39 is 0 Å². The second-order valence-electron chi connectivity index (χ2n) is 6.26. The minimum Gasteiger partial charge on any atom is -0.356 e. The molecule has 0 amide bonds. The average Bonchev–Trinajstić information content (AvgIpc) is 3.41. The Balaban J connectivity index is 1.27. The lowest BCUT2D eigenvalue weighted by Gasteiger charge is -2.11. The Bertz CT molecular complexity index is 1050. The monoisotopic (exact) mass is 374 g/mol. The lowest BCUT2D eigenvalue weighted by atomic mass is 10.1. The van der Waals surface area contributed by atoms with Crippen molar-refractivity contribution in [1.29, 1.82) is 0 Å². The molecule has 0 aliphatic carbocycles. The largest absolute Gasteiger partial charge is 0.356 e. The molecule has 3 aromatic heterocycles. The summed E-state index contributed by atoms with van der Waals surface area (Å²) < 4.78 is 3.81. The maximum absolute atomic E-state index is 4.27. The fraction of sp³-hybridized carbons (Fsp3) is 0.200. The van der Waals surface area contributed by atoms with E-state index in [1.807, 2.05) is 45.7 Å². The molecule has 0 atom stereocenters. The van der Waals surface area contributed by atoms with Crippen molar-refractivity contribution in [3.8, 4) is 5.69 Å². The molecule has 0 radical (unpaired) electrons. The molecule has 1 aromatic carbocycles. The second kappa shape index (κ2) is 8.34. The lowest BCUT2D eigenvalue weighted by molar-refractivity contribution is 0.757. The molecule has 4 rings (SSSR count). The standard InChI is InChI=1S/C20H22N8/c1-21-20(23-15-19-26-25-18-5-2-3-13-27(18)19)22-12-10-16-6-8-17(9-7-16)28-14-4-11-24-28/h2-9,11,13-14H,10,12,15H2,1H3,(H2,21,22,23). The predicted octanol–water partition coefficient (Wildman–Crippen LogP) is 1.82. The van der Waals surface area contributed by atoms with Gasteiger partial charge in [-0.25, -0.2) is 4.68 Å². The Labute approximate surface area is 162 Å². The summed E-state index contributed by atoms with van der Waals surface area (Å²) in [6.45, 7) is 1.32. The van der Waals surface area contributed by atoms with Gasteiger partial charge in [0.15, 0.2) is 17.4 Å². The first-order valence-corrected chi connectivity index (χ1v) is 9.15. The number of hydrogen-bond acceptors (Lipinski definition) is 4. The van der Waals surface area contributed by atoms with E-state index in [1.165, 1.54) is 5.56 Å². The average molecular weight is 374 g/mol. The van der Waals surface area contributed by atoms with Gasteiger partial charge < -0.3 is 10.6 Å². The van der Waals surface area contributed by atoms with E-state index in [0.29, 0.717) is 6.54 Å². The van der Waals surface area contributed by atoms with Gasteiger partial charge in [-0.05, 0) is 42.3 Å². The minimum absolute atomic E-state index is 0.545. The van der Waals surface area contributed by atoms with Gasteiger partial charge in [0.2, 0.25) is 0 Å². The summed E-state index contributed by atoms with van der Waals surface area (Å²) in [6.07, 6.45) is 6.56. The summed E-state index contributed by atoms with van der Waals surface area (Å²) in [5.41, 5.74) is 3.14. The third-order valence-corrected chi connectivity index (χ3v) is 4.43. The number of nitrogens with zero attached hydrogens (tertiary/aromatic N) is 6. The SMILES string of the molecule is CN=C(NCCc1ccc(-n2cccn2)cc1)NCc1nnc2ccccn12. The zero-order chi connectivity index (χ0) is 19.2. The molecular weight excluding hydrogens is 352 g/mol. The van der Waals surface area contributed by atoms with Crippen molar-refractivity contribution >= 4 is 11.6 Å². The highest BCUT2D eigenvalue weighted by atomic mass is 15.3. The number of guanidine groups is 1. The van der Waals surface area contributed by atoms with Crippen molar-refractivity contribution in [3.05, 3.63) is 78.5 Å². The number of nitrogens with one attached hydrogen (secondary N) is 2. The molecule has 0 saturated carbocycles. The van der Waals surface area contributed by atoms with Crippen molar-refractivity contribution in [1.82, 2.24) is 35.0 Å². The molecule has 0 saturated heterocycles. The first kappa shape index (κ1) is 17.7. The lowest BCUT2D eigenvalue weighted by Crippen LogP contribution is -2.38. The fourth-order valence-corrected chi connectivity index (χ4v) is 2.96. The molecule has 0 aliphatic rings. The van der Waals surface area contributed by atoms with Crippen LogP contribution in [-0.4, -0.2) is 43.9 Å². The zero-order valence-corrected chi connectivity index (χ0v) is 15.7. The van der Waals surface area contributed by atoms with Crippen LogP contribution in [0.5, 0.6) is 0 Å². The molecule has 0 bridgehead atoms. The van der Waals surface area contributed by atoms with Gasteiger partial charge in [-0.2, -0.15) is 5.10 Å². The van der Waals surface area contributed by atoms with Crippen LogP contribution in [-0.2, 0) is 13.0 Å². The van der Waals surface area contributed by atoms with Crippen LogP contribution in [0, 0.1) is 0 Å². The molecular formula is C20H22N8. The van der Waals surface area contributed by atoms with Gasteiger partial charge in [0.1, 0.15) is 0 Å². The van der Waals surface area contributed by atoms with Gasteiger partial charge in [0.05, 0.1) is 12.2 Å². The highest BCUT2D eigenvalue weighted by Crippen LogP contribution is 2.09. The summed E-state index contributed by atoms with van der Waals surface area (Å²) in [5.74, 6) is 1.58. The van der Waals surface area contributed by atoms with E-state index in [0.717, 1.165) is 36.1 Å². The molecule has 8 nitrogen and oxygen atoms in total. The van der Waals surface area contributed by atoms with Gasteiger partial charge in [-0.15, -0.1) is 10.2 Å². The van der Waals surface area contributed by atoms with Crippen molar-refractivity contribution in [2.75, 3.05) is 13.6 Å². The Morgan fingerprint density at radius 2 is 1.89 bits per heavy atom. The summed E-state index contributed by atoms with van der Waals surface area (Å²) in [7, 11) is 1.76. The third kappa shape index (κ3) is 4.01. The topological polar surface area (TPSA) is 84.4 Å². The molecule has 3 heterocycles. The molecule has 2 N–H and O–H groups in total. The van der Waals surface area contributed by atoms with E-state index in [4.69, 9.17) is 0 Å². The molecule has 8 heteroatoms. The summed E-state index contributed by atoms with van der Waals surface area (Å²) in [6, 6.07) is 16.2. The van der Waals surface area contributed by atoms with Crippen LogP contribution >= 0.6 is 0 Å².